The predicted molar refractivity (Wildman–Crippen MR) is 61.5 cm³/mol. The summed E-state index contributed by atoms with van der Waals surface area (Å²) in [6, 6.07) is 2.82. The molecule has 16 heavy (non-hydrogen) atoms. The molecule has 0 amide bonds. The maximum Gasteiger partial charge on any atom is 0.415 e. The fraction of sp³-hybridized carbons (Fsp3) is 0.545. The average molecular weight is 239 g/mol. The van der Waals surface area contributed by atoms with Gasteiger partial charge in [0.25, 0.3) is 5.75 Å². The average Bonchev–Trinajstić information content (AvgIpc) is 2.34. The number of aryl methyl sites for hydroxylation is 1. The fourth-order valence-corrected chi connectivity index (χ4v) is 1.68. The van der Waals surface area contributed by atoms with Crippen LogP contribution < -0.4 is 18.8 Å². The normalized spacial score (nSPS) is 10.0. The summed E-state index contributed by atoms with van der Waals surface area (Å²) in [5.74, 6) is 1.98. The van der Waals surface area contributed by atoms with Crippen molar-refractivity contribution in [3.8, 4) is 17.4 Å². The highest BCUT2D eigenvalue weighted by molar-refractivity contribution is 6.08. The lowest BCUT2D eigenvalue weighted by Gasteiger charge is -2.10. The Morgan fingerprint density at radius 1 is 1.19 bits per heavy atom. The van der Waals surface area contributed by atoms with E-state index in [0.717, 1.165) is 19.0 Å². The Morgan fingerprint density at radius 3 is 2.44 bits per heavy atom. The van der Waals surface area contributed by atoms with Crippen LogP contribution in [-0.4, -0.2) is 31.6 Å². The molecule has 5 heteroatoms. The molecule has 0 fully saturated rings. The molecule has 0 saturated carbocycles. The highest BCUT2D eigenvalue weighted by atomic mass is 28.1. The van der Waals surface area contributed by atoms with Gasteiger partial charge in [-0.25, -0.2) is 0 Å². The maximum atomic E-state index is 5.35. The number of hydrogen-bond acceptors (Lipinski definition) is 3. The lowest BCUT2D eigenvalue weighted by Crippen LogP contribution is -2.35. The monoisotopic (exact) mass is 239 g/mol. The Morgan fingerprint density at radius 2 is 1.94 bits per heavy atom. The minimum atomic E-state index is 0.626. The highest BCUT2D eigenvalue weighted by Crippen LogP contribution is 2.33. The van der Waals surface area contributed by atoms with Crippen molar-refractivity contribution >= 4 is 10.2 Å². The summed E-state index contributed by atoms with van der Waals surface area (Å²) in [4.78, 5) is 0. The lowest BCUT2D eigenvalue weighted by atomic mass is 10.3. The van der Waals surface area contributed by atoms with Crippen molar-refractivity contribution in [2.24, 2.45) is 0 Å². The lowest BCUT2D eigenvalue weighted by molar-refractivity contribution is -0.701. The second kappa shape index (κ2) is 6.37. The van der Waals surface area contributed by atoms with E-state index in [-0.39, 0.29) is 0 Å². The Labute approximate surface area is 99.6 Å². The number of aromatic nitrogens is 1. The van der Waals surface area contributed by atoms with Crippen LogP contribution in [0, 0.1) is 0 Å². The Kier molecular flexibility index (Phi) is 5.11. The number of rotatable bonds is 6. The first kappa shape index (κ1) is 12.8. The van der Waals surface area contributed by atoms with Gasteiger partial charge < -0.3 is 14.2 Å². The van der Waals surface area contributed by atoms with Gasteiger partial charge >= 0.3 is 5.88 Å². The number of hydrogen-bond donors (Lipinski definition) is 0. The van der Waals surface area contributed by atoms with E-state index in [2.05, 4.69) is 10.2 Å². The van der Waals surface area contributed by atoms with Crippen molar-refractivity contribution < 1.29 is 18.8 Å². The van der Waals surface area contributed by atoms with Gasteiger partial charge in [-0.2, -0.15) is 4.57 Å². The number of nitrogens with zero attached hydrogens (tertiary/aromatic N) is 1. The second-order valence-corrected chi connectivity index (χ2v) is 3.72. The van der Waals surface area contributed by atoms with E-state index < -0.39 is 0 Å². The molecule has 87 valence electrons. The molecule has 0 saturated heterocycles. The van der Waals surface area contributed by atoms with Crippen molar-refractivity contribution in [2.75, 3.05) is 21.3 Å². The predicted octanol–water partition coefficient (Wildman–Crippen LogP) is 0.977. The van der Waals surface area contributed by atoms with Crippen LogP contribution in [0.3, 0.4) is 0 Å². The minimum absolute atomic E-state index is 0.626. The molecule has 0 aliphatic heterocycles. The molecule has 3 radical (unpaired) electrons. The van der Waals surface area contributed by atoms with Crippen molar-refractivity contribution in [3.05, 3.63) is 12.3 Å². The molecule has 0 aliphatic carbocycles. The first-order valence-corrected chi connectivity index (χ1v) is 5.82. The third-order valence-corrected chi connectivity index (χ3v) is 2.63. The summed E-state index contributed by atoms with van der Waals surface area (Å²) < 4.78 is 17.9. The molecule has 0 aliphatic rings. The van der Waals surface area contributed by atoms with Crippen molar-refractivity contribution in [1.82, 2.24) is 0 Å². The molecule has 1 aromatic rings. The summed E-state index contributed by atoms with van der Waals surface area (Å²) in [5, 5.41) is 0. The van der Waals surface area contributed by atoms with Gasteiger partial charge in [0.1, 0.15) is 0 Å². The zero-order chi connectivity index (χ0) is 12.0. The van der Waals surface area contributed by atoms with Gasteiger partial charge in [-0.15, -0.1) is 0 Å². The Bertz CT molecular complexity index is 344. The zero-order valence-electron chi connectivity index (χ0n) is 9.95. The van der Waals surface area contributed by atoms with E-state index in [1.54, 1.807) is 21.3 Å². The van der Waals surface area contributed by atoms with Gasteiger partial charge in [0.05, 0.1) is 21.3 Å². The largest absolute Gasteiger partial charge is 0.492 e. The molecule has 0 unspecified atom stereocenters. The van der Waals surface area contributed by atoms with E-state index in [9.17, 15) is 0 Å². The summed E-state index contributed by atoms with van der Waals surface area (Å²) in [5.41, 5.74) is 0. The molecule has 0 spiro atoms. The molecule has 0 atom stereocenters. The molecule has 1 rings (SSSR count). The quantitative estimate of drug-likeness (QED) is 0.548. The SMILES string of the molecule is COc1cc[n+](CCC[Si])c(OC)c1OC. The molecular formula is C11H17NO3Si+. The minimum Gasteiger partial charge on any atom is -0.492 e. The maximum absolute atomic E-state index is 5.35. The first-order valence-electron chi connectivity index (χ1n) is 5.11. The summed E-state index contributed by atoms with van der Waals surface area (Å²) in [7, 11) is 8.30. The number of pyridine rings is 1. The highest BCUT2D eigenvalue weighted by Gasteiger charge is 2.22. The van der Waals surface area contributed by atoms with E-state index in [1.165, 1.54) is 0 Å². The van der Waals surface area contributed by atoms with Crippen LogP contribution in [0.15, 0.2) is 12.3 Å². The van der Waals surface area contributed by atoms with Crippen LogP contribution in [0.4, 0.5) is 0 Å². The van der Waals surface area contributed by atoms with Crippen molar-refractivity contribution in [1.29, 1.82) is 0 Å². The van der Waals surface area contributed by atoms with E-state index >= 15 is 0 Å². The van der Waals surface area contributed by atoms with Crippen molar-refractivity contribution in [3.63, 3.8) is 0 Å². The van der Waals surface area contributed by atoms with Crippen LogP contribution in [0.25, 0.3) is 0 Å². The molecule has 1 heterocycles. The van der Waals surface area contributed by atoms with Crippen LogP contribution >= 0.6 is 0 Å². The van der Waals surface area contributed by atoms with E-state index in [4.69, 9.17) is 14.2 Å². The molecule has 0 N–H and O–H groups in total. The van der Waals surface area contributed by atoms with Gasteiger partial charge in [-0.1, -0.05) is 6.04 Å². The standard InChI is InChI=1S/C11H17NO3Si/c1-13-9-5-7-12(6-4-8-16)11(15-3)10(9)14-2/h5,7H,4,6,8H2,1-3H3/q+1. The summed E-state index contributed by atoms with van der Waals surface area (Å²) in [6.07, 6.45) is 2.95. The molecule has 1 aromatic heterocycles. The molecule has 4 nitrogen and oxygen atoms in total. The molecule has 0 aromatic carbocycles. The van der Waals surface area contributed by atoms with Gasteiger partial charge in [0.15, 0.2) is 18.5 Å². The zero-order valence-corrected chi connectivity index (χ0v) is 10.9. The summed E-state index contributed by atoms with van der Waals surface area (Å²) in [6.45, 7) is 0.868. The second-order valence-electron chi connectivity index (χ2n) is 3.22. The molecular weight excluding hydrogens is 222 g/mol. The first-order chi connectivity index (χ1) is 7.78. The van der Waals surface area contributed by atoms with Crippen LogP contribution in [-0.2, 0) is 6.54 Å². The Hall–Kier alpha value is -1.23. The third kappa shape index (κ3) is 2.66. The van der Waals surface area contributed by atoms with Gasteiger partial charge in [0.2, 0.25) is 0 Å². The smallest absolute Gasteiger partial charge is 0.415 e. The van der Waals surface area contributed by atoms with Gasteiger partial charge in [-0.05, 0) is 0 Å². The third-order valence-electron chi connectivity index (χ3n) is 2.28. The summed E-state index contributed by atoms with van der Waals surface area (Å²) >= 11 is 0. The van der Waals surface area contributed by atoms with Crippen molar-refractivity contribution in [2.45, 2.75) is 19.0 Å². The van der Waals surface area contributed by atoms with E-state index in [0.29, 0.717) is 17.4 Å². The molecule has 0 bridgehead atoms. The number of ether oxygens (including phenoxy) is 3. The fourth-order valence-electron chi connectivity index (χ4n) is 1.52. The van der Waals surface area contributed by atoms with E-state index in [1.807, 2.05) is 16.8 Å². The number of methoxy groups -OCH3 is 3. The Balaban J connectivity index is 3.10. The van der Waals surface area contributed by atoms with Crippen LogP contribution in [0.1, 0.15) is 6.42 Å². The van der Waals surface area contributed by atoms with Crippen LogP contribution in [0.5, 0.6) is 17.4 Å². The van der Waals surface area contributed by atoms with Gasteiger partial charge in [0, 0.05) is 22.7 Å². The van der Waals surface area contributed by atoms with Gasteiger partial charge in [-0.3, -0.25) is 0 Å². The topological polar surface area (TPSA) is 31.6 Å². The van der Waals surface area contributed by atoms with Crippen LogP contribution in [0.2, 0.25) is 6.04 Å².